The number of nitrogens with one attached hydrogen (secondary N) is 2. The lowest BCUT2D eigenvalue weighted by Gasteiger charge is -2.34. The van der Waals surface area contributed by atoms with Gasteiger partial charge in [0.1, 0.15) is 0 Å². The van der Waals surface area contributed by atoms with Gasteiger partial charge < -0.3 is 15.4 Å². The maximum atomic E-state index is 5.51. The van der Waals surface area contributed by atoms with E-state index in [-0.39, 0.29) is 28.7 Å². The molecule has 2 N–H and O–H groups in total. The van der Waals surface area contributed by atoms with Crippen LogP contribution in [0.1, 0.15) is 59.3 Å². The van der Waals surface area contributed by atoms with Crippen LogP contribution >= 0.6 is 35.7 Å². The van der Waals surface area contributed by atoms with Crippen molar-refractivity contribution in [3.8, 4) is 0 Å². The lowest BCUT2D eigenvalue weighted by atomic mass is 9.99. The summed E-state index contributed by atoms with van der Waals surface area (Å²) < 4.78 is 5.76. The summed E-state index contributed by atoms with van der Waals surface area (Å²) in [6.45, 7) is 10.1. The van der Waals surface area contributed by atoms with Crippen LogP contribution in [0.5, 0.6) is 0 Å². The lowest BCUT2D eigenvalue weighted by molar-refractivity contribution is 0.0794. The molecule has 0 aromatic carbocycles. The van der Waals surface area contributed by atoms with E-state index < -0.39 is 0 Å². The number of hydrogen-bond donors (Lipinski definition) is 2. The molecule has 23 heavy (non-hydrogen) atoms. The van der Waals surface area contributed by atoms with Crippen LogP contribution in [0.25, 0.3) is 0 Å². The van der Waals surface area contributed by atoms with Gasteiger partial charge in [-0.1, -0.05) is 26.2 Å². The molecule has 1 aliphatic rings. The molecule has 0 spiro atoms. The number of aliphatic imine (C=N–C) groups is 1. The largest absolute Gasteiger partial charge is 0.381 e. The van der Waals surface area contributed by atoms with Gasteiger partial charge in [-0.05, 0) is 39.4 Å². The Bertz CT molecular complexity index is 323. The minimum atomic E-state index is 0. The van der Waals surface area contributed by atoms with Gasteiger partial charge in [0.2, 0.25) is 0 Å². The highest BCUT2D eigenvalue weighted by Gasteiger charge is 2.31. The number of unbranched alkanes of at least 4 members (excludes halogenated alkanes) is 2. The summed E-state index contributed by atoms with van der Waals surface area (Å²) in [7, 11) is 0. The van der Waals surface area contributed by atoms with Crippen molar-refractivity contribution >= 4 is 41.7 Å². The Kier molecular flexibility index (Phi) is 13.8. The van der Waals surface area contributed by atoms with Crippen molar-refractivity contribution in [2.75, 3.05) is 32.6 Å². The van der Waals surface area contributed by atoms with Gasteiger partial charge in [-0.2, -0.15) is 11.8 Å². The van der Waals surface area contributed by atoms with Gasteiger partial charge in [0.05, 0.1) is 6.54 Å². The Morgan fingerprint density at radius 1 is 1.26 bits per heavy atom. The van der Waals surface area contributed by atoms with Crippen LogP contribution in [0.3, 0.4) is 0 Å². The van der Waals surface area contributed by atoms with E-state index in [0.29, 0.717) is 6.04 Å². The molecule has 1 rings (SSSR count). The highest BCUT2D eigenvalue weighted by molar-refractivity contribution is 14.0. The van der Waals surface area contributed by atoms with E-state index >= 15 is 0 Å². The number of hydrogen-bond acceptors (Lipinski definition) is 3. The Balaban J connectivity index is 0.00000484. The smallest absolute Gasteiger partial charge is 0.191 e. The predicted molar refractivity (Wildman–Crippen MR) is 114 cm³/mol. The summed E-state index contributed by atoms with van der Waals surface area (Å²) in [6, 6.07) is 0.476. The van der Waals surface area contributed by atoms with E-state index in [0.717, 1.165) is 45.1 Å². The maximum Gasteiger partial charge on any atom is 0.191 e. The number of thioether (sulfide) groups is 1. The second-order valence-corrected chi connectivity index (χ2v) is 7.51. The van der Waals surface area contributed by atoms with Gasteiger partial charge in [0, 0.05) is 30.5 Å². The van der Waals surface area contributed by atoms with Crippen molar-refractivity contribution in [1.82, 2.24) is 10.6 Å². The molecule has 1 fully saturated rings. The first-order chi connectivity index (χ1) is 10.7. The molecule has 0 aromatic rings. The van der Waals surface area contributed by atoms with Crippen LogP contribution in [-0.2, 0) is 4.74 Å². The van der Waals surface area contributed by atoms with Crippen LogP contribution < -0.4 is 10.6 Å². The molecular weight excluding hydrogens is 421 g/mol. The van der Waals surface area contributed by atoms with Crippen LogP contribution in [0.15, 0.2) is 4.99 Å². The quantitative estimate of drug-likeness (QED) is 0.238. The summed E-state index contributed by atoms with van der Waals surface area (Å²) in [6.07, 6.45) is 9.49. The molecule has 0 radical (unpaired) electrons. The molecule has 0 bridgehead atoms. The Morgan fingerprint density at radius 3 is 2.52 bits per heavy atom. The average molecular weight is 457 g/mol. The molecule has 1 heterocycles. The van der Waals surface area contributed by atoms with Crippen molar-refractivity contribution in [3.05, 3.63) is 0 Å². The van der Waals surface area contributed by atoms with E-state index in [4.69, 9.17) is 9.73 Å². The zero-order chi connectivity index (χ0) is 16.3. The van der Waals surface area contributed by atoms with Crippen molar-refractivity contribution < 1.29 is 4.74 Å². The number of nitrogens with zero attached hydrogens (tertiary/aromatic N) is 1. The molecule has 0 aromatic heterocycles. The van der Waals surface area contributed by atoms with E-state index in [1.807, 2.05) is 11.8 Å². The van der Waals surface area contributed by atoms with Gasteiger partial charge in [-0.15, -0.1) is 24.0 Å². The molecule has 1 atom stereocenters. The van der Waals surface area contributed by atoms with Crippen LogP contribution in [0, 0.1) is 0 Å². The number of halogens is 1. The fourth-order valence-corrected chi connectivity index (χ4v) is 3.49. The fraction of sp³-hybridized carbons (Fsp3) is 0.941. The summed E-state index contributed by atoms with van der Waals surface area (Å²) in [5.74, 6) is 0.964. The molecule has 138 valence electrons. The minimum Gasteiger partial charge on any atom is -0.381 e. The van der Waals surface area contributed by atoms with Gasteiger partial charge in [0.15, 0.2) is 5.96 Å². The van der Waals surface area contributed by atoms with Gasteiger partial charge in [0.25, 0.3) is 0 Å². The molecule has 4 nitrogen and oxygen atoms in total. The number of ether oxygens (including phenoxy) is 1. The Labute approximate surface area is 164 Å². The summed E-state index contributed by atoms with van der Waals surface area (Å²) >= 11 is 1.95. The summed E-state index contributed by atoms with van der Waals surface area (Å²) in [5, 5.41) is 6.94. The molecular formula is C17H36IN3OS. The first-order valence-electron chi connectivity index (χ1n) is 8.83. The highest BCUT2D eigenvalue weighted by atomic mass is 127. The normalized spacial score (nSPS) is 18.9. The number of guanidine groups is 1. The zero-order valence-corrected chi connectivity index (χ0v) is 18.5. The molecule has 1 unspecified atom stereocenters. The first-order valence-corrected chi connectivity index (χ1v) is 10.1. The summed E-state index contributed by atoms with van der Waals surface area (Å²) in [4.78, 5) is 4.87. The molecule has 1 aliphatic heterocycles. The van der Waals surface area contributed by atoms with Crippen molar-refractivity contribution in [3.63, 3.8) is 0 Å². The molecule has 0 aliphatic carbocycles. The molecule has 0 amide bonds. The highest BCUT2D eigenvalue weighted by Crippen LogP contribution is 2.33. The third-order valence-electron chi connectivity index (χ3n) is 4.33. The maximum absolute atomic E-state index is 5.51. The second-order valence-electron chi connectivity index (χ2n) is 6.24. The van der Waals surface area contributed by atoms with E-state index in [1.165, 1.54) is 25.7 Å². The van der Waals surface area contributed by atoms with Crippen LogP contribution in [0.4, 0.5) is 0 Å². The third-order valence-corrected chi connectivity index (χ3v) is 5.73. The lowest BCUT2D eigenvalue weighted by Crippen LogP contribution is -2.44. The third kappa shape index (κ3) is 9.39. The topological polar surface area (TPSA) is 45.7 Å². The SMILES string of the molecule is CCCCCC(C)NC(=NCC1(SC)CCOCC1)NCC.I. The van der Waals surface area contributed by atoms with Crippen molar-refractivity contribution in [2.45, 2.75) is 70.1 Å². The zero-order valence-electron chi connectivity index (χ0n) is 15.3. The van der Waals surface area contributed by atoms with E-state index in [9.17, 15) is 0 Å². The molecule has 1 saturated heterocycles. The monoisotopic (exact) mass is 457 g/mol. The second kappa shape index (κ2) is 13.6. The average Bonchev–Trinajstić information content (AvgIpc) is 2.54. The van der Waals surface area contributed by atoms with Gasteiger partial charge >= 0.3 is 0 Å². The van der Waals surface area contributed by atoms with Crippen LogP contribution in [-0.4, -0.2) is 49.3 Å². The van der Waals surface area contributed by atoms with Gasteiger partial charge in [-0.25, -0.2) is 0 Å². The molecule has 6 heteroatoms. The summed E-state index contributed by atoms with van der Waals surface area (Å²) in [5.41, 5.74) is 0. The van der Waals surface area contributed by atoms with Crippen LogP contribution in [0.2, 0.25) is 0 Å². The molecule has 0 saturated carbocycles. The van der Waals surface area contributed by atoms with E-state index in [2.05, 4.69) is 37.7 Å². The Morgan fingerprint density at radius 2 is 1.96 bits per heavy atom. The minimum absolute atomic E-state index is 0. The van der Waals surface area contributed by atoms with E-state index in [1.54, 1.807) is 0 Å². The van der Waals surface area contributed by atoms with Gasteiger partial charge in [-0.3, -0.25) is 4.99 Å². The predicted octanol–water partition coefficient (Wildman–Crippen LogP) is 4.04. The Hall–Kier alpha value is 0.310. The first kappa shape index (κ1) is 23.3. The number of rotatable bonds is 9. The van der Waals surface area contributed by atoms with Crippen molar-refractivity contribution in [2.24, 2.45) is 4.99 Å². The standard InChI is InChI=1S/C17H35N3OS.HI/c1-5-7-8-9-15(3)20-16(18-6-2)19-14-17(22-4)10-12-21-13-11-17;/h15H,5-14H2,1-4H3,(H2,18,19,20);1H. The fourth-order valence-electron chi connectivity index (χ4n) is 2.72. The van der Waals surface area contributed by atoms with Crippen molar-refractivity contribution in [1.29, 1.82) is 0 Å².